The summed E-state index contributed by atoms with van der Waals surface area (Å²) in [6.45, 7) is 0. The Labute approximate surface area is 284 Å². The van der Waals surface area contributed by atoms with E-state index in [1.807, 2.05) is 0 Å². The molecule has 0 saturated carbocycles. The van der Waals surface area contributed by atoms with Gasteiger partial charge in [-0.2, -0.15) is 0 Å². The zero-order valence-electron chi connectivity index (χ0n) is 48.1. The molecule has 8 aromatic rings. The van der Waals surface area contributed by atoms with Crippen molar-refractivity contribution in [3.8, 4) is 44.5 Å². The fourth-order valence-corrected chi connectivity index (χ4v) is 4.60. The molecule has 196 valence electrons. The third kappa shape index (κ3) is 4.17. The second-order valence-electron chi connectivity index (χ2n) is 8.83. The van der Waals surface area contributed by atoms with E-state index in [4.69, 9.17) is 24.7 Å². The summed E-state index contributed by atoms with van der Waals surface area (Å²) in [5.74, 6) is 0. The molecule has 0 atom stereocenters. The van der Waals surface area contributed by atoms with E-state index >= 15 is 0 Å². The van der Waals surface area contributed by atoms with Gasteiger partial charge < -0.3 is 0 Å². The number of hydrogen-bond acceptors (Lipinski definition) is 0. The van der Waals surface area contributed by atoms with Crippen molar-refractivity contribution >= 4 is 32.3 Å². The largest absolute Gasteiger partial charge is 0.0636 e. The Hall–Kier alpha value is -5.46. The molecular formula is C42H28. The average Bonchev–Trinajstić information content (AvgIpc) is 3.31. The Morgan fingerprint density at radius 2 is 0.714 bits per heavy atom. The molecule has 0 radical (unpaired) electrons. The van der Waals surface area contributed by atoms with E-state index in [9.17, 15) is 12.3 Å². The Morgan fingerprint density at radius 1 is 0.286 bits per heavy atom. The quantitative estimate of drug-likeness (QED) is 0.188. The van der Waals surface area contributed by atoms with E-state index in [0.717, 1.165) is 6.07 Å². The fraction of sp³-hybridized carbons (Fsp3) is 0. The van der Waals surface area contributed by atoms with Crippen LogP contribution in [0.4, 0.5) is 0 Å². The summed E-state index contributed by atoms with van der Waals surface area (Å²) in [6.07, 6.45) is 0. The van der Waals surface area contributed by atoms with Crippen molar-refractivity contribution in [3.05, 3.63) is 169 Å². The van der Waals surface area contributed by atoms with Gasteiger partial charge in [-0.05, 0) is 82.9 Å². The van der Waals surface area contributed by atoms with Crippen LogP contribution in [-0.2, 0) is 0 Å². The maximum absolute atomic E-state index is 9.42. The van der Waals surface area contributed by atoms with Gasteiger partial charge in [0, 0.05) is 0 Å². The number of benzene rings is 8. The van der Waals surface area contributed by atoms with Gasteiger partial charge in [-0.1, -0.05) is 163 Å². The first-order valence-electron chi connectivity index (χ1n) is 25.8. The van der Waals surface area contributed by atoms with Gasteiger partial charge in [-0.3, -0.25) is 0 Å². The van der Waals surface area contributed by atoms with Crippen LogP contribution in [0.15, 0.2) is 169 Å². The summed E-state index contributed by atoms with van der Waals surface area (Å²) >= 11 is 0. The summed E-state index contributed by atoms with van der Waals surface area (Å²) in [4.78, 5) is 0. The Bertz CT molecular complexity index is 3660. The molecular weight excluding hydrogens is 504 g/mol. The zero-order chi connectivity index (χ0) is 51.4. The molecule has 8 rings (SSSR count). The third-order valence-electron chi connectivity index (χ3n) is 6.45. The van der Waals surface area contributed by atoms with E-state index in [0.29, 0.717) is 0 Å². The zero-order valence-corrected chi connectivity index (χ0v) is 21.1. The minimum absolute atomic E-state index is 0.463. The van der Waals surface area contributed by atoms with Crippen LogP contribution in [0.5, 0.6) is 0 Å². The predicted octanol–water partition coefficient (Wildman–Crippen LogP) is 11.8. The van der Waals surface area contributed by atoms with Crippen LogP contribution in [0.1, 0.15) is 37.0 Å². The average molecular weight is 560 g/mol. The highest BCUT2D eigenvalue weighted by atomic mass is 14.2. The Kier molecular flexibility index (Phi) is 2.25. The SMILES string of the molecule is [2H]c1cc2c(-c3c([2H])c([2H])c(-c4c([2H])c([2H])c(-c5c([2H])c([2H])c([2H])c([2H])c5[2H])c([2H])c4[2H])c([2H])c3[2H])c3c([2H])c([2H])c([2H])c([2H])c3c(-c3c([2H])c([2H])c4c([2H])c([2H])c([2H])c([2H])c4c3[2H])c2c([2H])c1[2H]. The van der Waals surface area contributed by atoms with E-state index in [-0.39, 0.29) is 0 Å². The highest BCUT2D eigenvalue weighted by molar-refractivity contribution is 6.21. The van der Waals surface area contributed by atoms with Crippen LogP contribution >= 0.6 is 0 Å². The summed E-state index contributed by atoms with van der Waals surface area (Å²) in [6, 6.07) is -23.4. The van der Waals surface area contributed by atoms with E-state index in [1.165, 1.54) is 0 Å². The molecule has 0 aliphatic carbocycles. The van der Waals surface area contributed by atoms with Crippen molar-refractivity contribution in [2.24, 2.45) is 0 Å². The summed E-state index contributed by atoms with van der Waals surface area (Å²) < 4.78 is 238. The first kappa shape index (κ1) is 9.28. The van der Waals surface area contributed by atoms with E-state index < -0.39 is 240 Å². The lowest BCUT2D eigenvalue weighted by Crippen LogP contribution is -1.91. The van der Waals surface area contributed by atoms with Crippen molar-refractivity contribution in [3.63, 3.8) is 0 Å². The van der Waals surface area contributed by atoms with Gasteiger partial charge >= 0.3 is 0 Å². The molecule has 0 aliphatic rings. The minimum Gasteiger partial charge on any atom is -0.0622 e. The van der Waals surface area contributed by atoms with Crippen LogP contribution < -0.4 is 0 Å². The van der Waals surface area contributed by atoms with Gasteiger partial charge in [-0.15, -0.1) is 0 Å². The number of fused-ring (bicyclic) bond motifs is 3. The topological polar surface area (TPSA) is 0 Å². The monoisotopic (exact) mass is 559 g/mol. The molecule has 0 unspecified atom stereocenters. The predicted molar refractivity (Wildman–Crippen MR) is 181 cm³/mol. The van der Waals surface area contributed by atoms with E-state index in [1.54, 1.807) is 0 Å². The van der Waals surface area contributed by atoms with Gasteiger partial charge in [0.2, 0.25) is 0 Å². The van der Waals surface area contributed by atoms with Crippen LogP contribution in [0.25, 0.3) is 76.8 Å². The molecule has 0 spiro atoms. The van der Waals surface area contributed by atoms with Crippen molar-refractivity contribution in [2.45, 2.75) is 0 Å². The molecule has 0 aromatic heterocycles. The molecule has 0 amide bonds. The van der Waals surface area contributed by atoms with E-state index in [2.05, 4.69) is 0 Å². The highest BCUT2D eigenvalue weighted by Gasteiger charge is 2.16. The maximum atomic E-state index is 9.42. The third-order valence-corrected chi connectivity index (χ3v) is 6.45. The van der Waals surface area contributed by atoms with Crippen LogP contribution in [-0.4, -0.2) is 0 Å². The minimum atomic E-state index is -1.05. The van der Waals surface area contributed by atoms with Crippen LogP contribution in [0.3, 0.4) is 0 Å². The molecule has 0 N–H and O–H groups in total. The van der Waals surface area contributed by atoms with Gasteiger partial charge in [0.05, 0.1) is 37.0 Å². The lowest BCUT2D eigenvalue weighted by molar-refractivity contribution is 1.59. The Morgan fingerprint density at radius 3 is 1.36 bits per heavy atom. The second kappa shape index (κ2) is 10.2. The molecule has 0 nitrogen and oxygen atoms in total. The molecule has 0 bridgehead atoms. The summed E-state index contributed by atoms with van der Waals surface area (Å²) in [5.41, 5.74) is -5.72. The molecule has 0 heteroatoms. The van der Waals surface area contributed by atoms with Crippen LogP contribution in [0, 0.1) is 0 Å². The number of rotatable bonds is 4. The number of hydrogen-bond donors (Lipinski definition) is 0. The normalized spacial score (nSPS) is 20.3. The van der Waals surface area contributed by atoms with Gasteiger partial charge in [0.1, 0.15) is 0 Å². The molecule has 0 saturated heterocycles. The second-order valence-corrected chi connectivity index (χ2v) is 8.83. The smallest absolute Gasteiger partial charge is 0.0622 e. The Balaban J connectivity index is 1.58. The van der Waals surface area contributed by atoms with Gasteiger partial charge in [0.25, 0.3) is 0 Å². The van der Waals surface area contributed by atoms with Crippen molar-refractivity contribution in [1.29, 1.82) is 0 Å². The van der Waals surface area contributed by atoms with Crippen molar-refractivity contribution in [1.82, 2.24) is 0 Å². The molecule has 0 heterocycles. The fourth-order valence-electron chi connectivity index (χ4n) is 4.60. The molecule has 0 aliphatic heterocycles. The lowest BCUT2D eigenvalue weighted by atomic mass is 9.85. The summed E-state index contributed by atoms with van der Waals surface area (Å²) in [5, 5.41) is -3.44. The highest BCUT2D eigenvalue weighted by Crippen LogP contribution is 2.44. The molecule has 8 aromatic carbocycles. The first-order chi connectivity index (χ1) is 32.1. The maximum Gasteiger partial charge on any atom is 0.0636 e. The standard InChI is InChI=1S/C42H28/c1-2-10-29(11-3-1)31-18-20-32(21-19-31)33-22-25-34(26-23-33)41-37-14-6-8-16-39(37)42(40-17-9-7-15-38(40)41)36-27-24-30-12-4-5-13-35(30)28-36/h1-28H/i1D,2D,3D,4D,5D,6D,7D,8D,9D,10D,11D,12D,13D,14D,16D,17D,18D,19D,20D,21D,22D,23D,24D,25D,26D,27D,28D. The lowest BCUT2D eigenvalue weighted by Gasteiger charge is -2.18. The van der Waals surface area contributed by atoms with Crippen LogP contribution in [0.2, 0.25) is 0 Å². The van der Waals surface area contributed by atoms with Crippen molar-refractivity contribution in [2.75, 3.05) is 0 Å². The summed E-state index contributed by atoms with van der Waals surface area (Å²) in [7, 11) is 0. The molecule has 0 fully saturated rings. The molecule has 42 heavy (non-hydrogen) atoms. The first-order valence-corrected chi connectivity index (χ1v) is 12.3. The van der Waals surface area contributed by atoms with Crippen molar-refractivity contribution < 1.29 is 37.0 Å². The van der Waals surface area contributed by atoms with Gasteiger partial charge in [0.15, 0.2) is 0 Å². The van der Waals surface area contributed by atoms with Gasteiger partial charge in [-0.25, -0.2) is 0 Å².